The number of carboxylic acids is 1. The van der Waals surface area contributed by atoms with E-state index < -0.39 is 12.0 Å². The van der Waals surface area contributed by atoms with E-state index in [9.17, 15) is 4.79 Å². The first kappa shape index (κ1) is 18.1. The number of rotatable bonds is 3. The summed E-state index contributed by atoms with van der Waals surface area (Å²) >= 11 is 0. The third-order valence-electron chi connectivity index (χ3n) is 3.80. The number of hydrogen-bond acceptors (Lipinski definition) is 4. The molecule has 2 heterocycles. The zero-order valence-corrected chi connectivity index (χ0v) is 14.0. The van der Waals surface area contributed by atoms with E-state index in [-0.39, 0.29) is 23.1 Å². The molecular formula is C17H18FeN4O2-6. The van der Waals surface area contributed by atoms with Crippen molar-refractivity contribution in [2.24, 2.45) is 0 Å². The maximum Gasteiger partial charge on any atom is 0.320 e. The van der Waals surface area contributed by atoms with Crippen molar-refractivity contribution in [3.63, 3.8) is 0 Å². The summed E-state index contributed by atoms with van der Waals surface area (Å²) in [5.74, 6) is -0.811. The van der Waals surface area contributed by atoms with Crippen LogP contribution in [-0.4, -0.2) is 38.7 Å². The molecule has 132 valence electrons. The molecule has 2 aromatic carbocycles. The van der Waals surface area contributed by atoms with Crippen molar-refractivity contribution in [3.8, 4) is 11.3 Å². The molecule has 3 aromatic rings. The number of aliphatic carboxylic acids is 1. The molecule has 2 atom stereocenters. The van der Waals surface area contributed by atoms with Gasteiger partial charge in [0.15, 0.2) is 0 Å². The van der Waals surface area contributed by atoms with Crippen LogP contribution in [0.4, 0.5) is 0 Å². The fourth-order valence-corrected chi connectivity index (χ4v) is 2.56. The molecule has 6 nitrogen and oxygen atoms in total. The van der Waals surface area contributed by atoms with Crippen LogP contribution in [0.2, 0.25) is 0 Å². The summed E-state index contributed by atoms with van der Waals surface area (Å²) in [6.07, 6.45) is 2.41. The van der Waals surface area contributed by atoms with Crippen LogP contribution >= 0.6 is 0 Å². The first-order valence-electron chi connectivity index (χ1n) is 7.51. The maximum absolute atomic E-state index is 10.9. The summed E-state index contributed by atoms with van der Waals surface area (Å²) in [4.78, 5) is 10.9. The summed E-state index contributed by atoms with van der Waals surface area (Å²) in [5, 5.41) is 20.1. The predicted molar refractivity (Wildman–Crippen MR) is 86.2 cm³/mol. The van der Waals surface area contributed by atoms with Gasteiger partial charge in [-0.2, -0.15) is 17.2 Å². The van der Waals surface area contributed by atoms with Crippen LogP contribution in [0.5, 0.6) is 0 Å². The Bertz CT molecular complexity index is 704. The van der Waals surface area contributed by atoms with Gasteiger partial charge in [0.05, 0.1) is 6.04 Å². The van der Waals surface area contributed by atoms with Gasteiger partial charge in [-0.3, -0.25) is 9.48 Å². The SMILES string of the molecule is O=C(O)[C@@H]1C[C@H](n2cc(-[c-]3cccc3)nn2)CN1.[Fe].[cH-]1[cH-][cH-][cH-][cH-]1. The van der Waals surface area contributed by atoms with Crippen LogP contribution in [0.15, 0.2) is 60.8 Å². The van der Waals surface area contributed by atoms with Gasteiger partial charge < -0.3 is 40.8 Å². The molecule has 0 saturated carbocycles. The monoisotopic (exact) mass is 366 g/mol. The van der Waals surface area contributed by atoms with Crippen LogP contribution in [0.25, 0.3) is 11.3 Å². The minimum atomic E-state index is -0.811. The second-order valence-corrected chi connectivity index (χ2v) is 5.41. The van der Waals surface area contributed by atoms with E-state index >= 15 is 0 Å². The number of nitrogens with one attached hydrogen (secondary N) is 1. The number of hydrogen-bond donors (Lipinski definition) is 2. The third kappa shape index (κ3) is 4.41. The van der Waals surface area contributed by atoms with Crippen molar-refractivity contribution in [3.05, 3.63) is 60.8 Å². The smallest absolute Gasteiger partial charge is 0.320 e. The minimum Gasteiger partial charge on any atom is -0.748 e. The fourth-order valence-electron chi connectivity index (χ4n) is 2.56. The van der Waals surface area contributed by atoms with E-state index in [1.165, 1.54) is 0 Å². The normalized spacial score (nSPS) is 19.2. The molecule has 1 aliphatic rings. The number of nitrogens with zero attached hydrogens (tertiary/aromatic N) is 3. The summed E-state index contributed by atoms with van der Waals surface area (Å²) in [6, 6.07) is 17.4. The van der Waals surface area contributed by atoms with Crippen molar-refractivity contribution in [2.75, 3.05) is 6.54 Å². The maximum atomic E-state index is 10.9. The number of aromatic nitrogens is 3. The summed E-state index contributed by atoms with van der Waals surface area (Å²) in [5.41, 5.74) is 1.85. The molecule has 1 fully saturated rings. The Balaban J connectivity index is 0.000000300. The number of carbonyl (C=O) groups is 1. The topological polar surface area (TPSA) is 80.0 Å². The quantitative estimate of drug-likeness (QED) is 0.548. The van der Waals surface area contributed by atoms with Gasteiger partial charge >= 0.3 is 5.97 Å². The van der Waals surface area contributed by atoms with Crippen LogP contribution < -0.4 is 5.32 Å². The van der Waals surface area contributed by atoms with Crippen LogP contribution in [0.3, 0.4) is 0 Å². The van der Waals surface area contributed by atoms with E-state index in [1.54, 1.807) is 4.68 Å². The Morgan fingerprint density at radius 2 is 1.88 bits per heavy atom. The van der Waals surface area contributed by atoms with Crippen molar-refractivity contribution in [1.29, 1.82) is 0 Å². The summed E-state index contributed by atoms with van der Waals surface area (Å²) < 4.78 is 1.75. The van der Waals surface area contributed by atoms with Gasteiger partial charge in [-0.25, -0.2) is 0 Å². The average Bonchev–Trinajstić information content (AvgIpc) is 3.38. The van der Waals surface area contributed by atoms with Crippen molar-refractivity contribution < 1.29 is 27.0 Å². The van der Waals surface area contributed by atoms with Crippen LogP contribution in [0.1, 0.15) is 12.5 Å². The molecule has 0 bridgehead atoms. The van der Waals surface area contributed by atoms with Crippen LogP contribution in [-0.2, 0) is 21.9 Å². The van der Waals surface area contributed by atoms with E-state index in [0.717, 1.165) is 11.3 Å². The molecule has 1 aromatic heterocycles. The third-order valence-corrected chi connectivity index (χ3v) is 3.80. The Kier molecular flexibility index (Phi) is 6.49. The summed E-state index contributed by atoms with van der Waals surface area (Å²) in [6.45, 7) is 0.612. The van der Waals surface area contributed by atoms with Crippen LogP contribution in [0, 0.1) is 0 Å². The molecule has 0 amide bonds. The van der Waals surface area contributed by atoms with E-state index in [4.69, 9.17) is 5.11 Å². The molecule has 2 N–H and O–H groups in total. The van der Waals surface area contributed by atoms with E-state index in [1.807, 2.05) is 60.8 Å². The van der Waals surface area contributed by atoms with Crippen molar-refractivity contribution in [2.45, 2.75) is 18.5 Å². The van der Waals surface area contributed by atoms with Gasteiger partial charge in [-0.1, -0.05) is 10.8 Å². The second kappa shape index (κ2) is 8.59. The Hall–Kier alpha value is -2.21. The van der Waals surface area contributed by atoms with Gasteiger partial charge in [-0.15, -0.1) is 12.1 Å². The van der Waals surface area contributed by atoms with Gasteiger partial charge in [0.25, 0.3) is 0 Å². The summed E-state index contributed by atoms with van der Waals surface area (Å²) in [7, 11) is 0. The minimum absolute atomic E-state index is 0. The van der Waals surface area contributed by atoms with E-state index in [2.05, 4.69) is 15.6 Å². The van der Waals surface area contributed by atoms with Gasteiger partial charge in [0.1, 0.15) is 6.04 Å². The first-order chi connectivity index (χ1) is 11.2. The standard InChI is InChI=1S/C12H13N4O2.C5H5.Fe/c17-12(18)10-5-9(6-13-10)16-7-11(14-15-16)8-3-1-2-4-8;1-2-4-5-3-1;/h1-4,7,9-10,13H,5-6H2,(H,17,18);1-5H;/q-1;-5;/t9-,10-;;/m0../s1. The number of carboxylic acid groups (broad SMARTS) is 1. The molecule has 0 unspecified atom stereocenters. The fraction of sp³-hybridized carbons (Fsp3) is 0.235. The van der Waals surface area contributed by atoms with E-state index in [0.29, 0.717) is 13.0 Å². The zero-order valence-electron chi connectivity index (χ0n) is 12.9. The van der Waals surface area contributed by atoms with Gasteiger partial charge in [0.2, 0.25) is 0 Å². The molecule has 4 rings (SSSR count). The Morgan fingerprint density at radius 1 is 1.25 bits per heavy atom. The second-order valence-electron chi connectivity index (χ2n) is 5.41. The molecule has 1 aliphatic heterocycles. The molecule has 24 heavy (non-hydrogen) atoms. The Morgan fingerprint density at radius 3 is 2.42 bits per heavy atom. The van der Waals surface area contributed by atoms with Crippen molar-refractivity contribution in [1.82, 2.24) is 20.3 Å². The van der Waals surface area contributed by atoms with Crippen molar-refractivity contribution >= 4 is 5.97 Å². The molecule has 7 heteroatoms. The molecule has 0 spiro atoms. The Labute approximate surface area is 150 Å². The molecule has 0 radical (unpaired) electrons. The molecule has 1 saturated heterocycles. The molecular weight excluding hydrogens is 348 g/mol. The average molecular weight is 366 g/mol. The molecule has 0 aliphatic carbocycles. The van der Waals surface area contributed by atoms with Gasteiger partial charge in [0, 0.05) is 29.3 Å². The predicted octanol–water partition coefficient (Wildman–Crippen LogP) is 2.05. The first-order valence-corrected chi connectivity index (χ1v) is 7.51. The van der Waals surface area contributed by atoms with Gasteiger partial charge in [-0.05, 0) is 12.6 Å². The zero-order chi connectivity index (χ0) is 16.1. The largest absolute Gasteiger partial charge is 0.748 e.